The van der Waals surface area contributed by atoms with Gasteiger partial charge in [0, 0.05) is 6.92 Å². The first-order valence-electron chi connectivity index (χ1n) is 4.93. The highest BCUT2D eigenvalue weighted by Crippen LogP contribution is 2.37. The smallest absolute Gasteiger partial charge is 0.224 e. The number of amides is 1. The molecule has 3 nitrogen and oxygen atoms in total. The molecule has 0 aromatic heterocycles. The standard InChI is InChI=1S/C11H11F2NO2/c1-6-5-16-11-9(14(6)7(2)15)4-3-8(12)10(11)13/h3-4,6H,5H2,1-2H3/t6-/m1/s1. The van der Waals surface area contributed by atoms with E-state index in [2.05, 4.69) is 0 Å². The summed E-state index contributed by atoms with van der Waals surface area (Å²) in [5, 5.41) is 0. The molecule has 16 heavy (non-hydrogen) atoms. The van der Waals surface area contributed by atoms with Crippen LogP contribution < -0.4 is 9.64 Å². The summed E-state index contributed by atoms with van der Waals surface area (Å²) in [7, 11) is 0. The third kappa shape index (κ3) is 1.52. The topological polar surface area (TPSA) is 29.5 Å². The minimum atomic E-state index is -1.05. The Balaban J connectivity index is 2.57. The molecule has 0 spiro atoms. The maximum absolute atomic E-state index is 13.4. The summed E-state index contributed by atoms with van der Waals surface area (Å²) in [6.07, 6.45) is 0. The first kappa shape index (κ1) is 10.9. The van der Waals surface area contributed by atoms with Gasteiger partial charge in [-0.05, 0) is 19.1 Å². The third-order valence-corrected chi connectivity index (χ3v) is 2.54. The van der Waals surface area contributed by atoms with Crippen molar-refractivity contribution < 1.29 is 18.3 Å². The van der Waals surface area contributed by atoms with Crippen molar-refractivity contribution >= 4 is 11.6 Å². The molecule has 0 radical (unpaired) electrons. The van der Waals surface area contributed by atoms with Crippen LogP contribution in [0.15, 0.2) is 12.1 Å². The highest BCUT2D eigenvalue weighted by Gasteiger charge is 2.30. The Bertz CT molecular complexity index is 448. The van der Waals surface area contributed by atoms with Gasteiger partial charge in [-0.25, -0.2) is 4.39 Å². The van der Waals surface area contributed by atoms with Gasteiger partial charge in [0.1, 0.15) is 6.61 Å². The van der Waals surface area contributed by atoms with Crippen LogP contribution >= 0.6 is 0 Å². The fourth-order valence-electron chi connectivity index (χ4n) is 1.84. The molecule has 1 aliphatic rings. The van der Waals surface area contributed by atoms with Crippen molar-refractivity contribution in [2.75, 3.05) is 11.5 Å². The highest BCUT2D eigenvalue weighted by atomic mass is 19.2. The summed E-state index contributed by atoms with van der Waals surface area (Å²) in [5.74, 6) is -2.43. The second kappa shape index (κ2) is 3.73. The van der Waals surface area contributed by atoms with Crippen LogP contribution in [0.2, 0.25) is 0 Å². The van der Waals surface area contributed by atoms with Gasteiger partial charge in [-0.3, -0.25) is 4.79 Å². The zero-order valence-electron chi connectivity index (χ0n) is 8.96. The average Bonchev–Trinajstić information content (AvgIpc) is 2.22. The van der Waals surface area contributed by atoms with Crippen molar-refractivity contribution in [2.24, 2.45) is 0 Å². The predicted octanol–water partition coefficient (Wildman–Crippen LogP) is 2.10. The van der Waals surface area contributed by atoms with Gasteiger partial charge in [0.15, 0.2) is 11.6 Å². The number of carbonyl (C=O) groups excluding carboxylic acids is 1. The Morgan fingerprint density at radius 3 is 2.81 bits per heavy atom. The molecule has 5 heteroatoms. The van der Waals surface area contributed by atoms with E-state index in [4.69, 9.17) is 4.74 Å². The third-order valence-electron chi connectivity index (χ3n) is 2.54. The van der Waals surface area contributed by atoms with E-state index >= 15 is 0 Å². The summed E-state index contributed by atoms with van der Waals surface area (Å²) in [6.45, 7) is 3.32. The summed E-state index contributed by atoms with van der Waals surface area (Å²) >= 11 is 0. The highest BCUT2D eigenvalue weighted by molar-refractivity contribution is 5.94. The first-order valence-corrected chi connectivity index (χ1v) is 4.93. The zero-order valence-corrected chi connectivity index (χ0v) is 8.96. The van der Waals surface area contributed by atoms with Crippen molar-refractivity contribution in [1.29, 1.82) is 0 Å². The number of fused-ring (bicyclic) bond motifs is 1. The fraction of sp³-hybridized carbons (Fsp3) is 0.364. The number of rotatable bonds is 0. The van der Waals surface area contributed by atoms with E-state index in [-0.39, 0.29) is 30.0 Å². The van der Waals surface area contributed by atoms with Gasteiger partial charge in [-0.15, -0.1) is 0 Å². The molecule has 1 aliphatic heterocycles. The Kier molecular flexibility index (Phi) is 2.53. The lowest BCUT2D eigenvalue weighted by molar-refractivity contribution is -0.117. The predicted molar refractivity (Wildman–Crippen MR) is 54.5 cm³/mol. The fourth-order valence-corrected chi connectivity index (χ4v) is 1.84. The van der Waals surface area contributed by atoms with Gasteiger partial charge < -0.3 is 9.64 Å². The monoisotopic (exact) mass is 227 g/mol. The summed E-state index contributed by atoms with van der Waals surface area (Å²) in [5.41, 5.74) is 0.283. The molecule has 0 fully saturated rings. The molecule has 1 amide bonds. The minimum Gasteiger partial charge on any atom is -0.486 e. The number of benzene rings is 1. The molecule has 1 heterocycles. The SMILES string of the molecule is CC(=O)N1c2ccc(F)c(F)c2OC[C@H]1C. The van der Waals surface area contributed by atoms with E-state index in [0.717, 1.165) is 6.07 Å². The molecule has 0 aliphatic carbocycles. The van der Waals surface area contributed by atoms with Gasteiger partial charge in [0.05, 0.1) is 11.7 Å². The summed E-state index contributed by atoms with van der Waals surface area (Å²) in [4.78, 5) is 12.8. The number of ether oxygens (including phenoxy) is 1. The van der Waals surface area contributed by atoms with E-state index in [1.165, 1.54) is 17.9 Å². The number of halogens is 2. The lowest BCUT2D eigenvalue weighted by Gasteiger charge is -2.34. The van der Waals surface area contributed by atoms with Crippen LogP contribution in [0.5, 0.6) is 5.75 Å². The maximum atomic E-state index is 13.4. The van der Waals surface area contributed by atoms with E-state index in [1.54, 1.807) is 6.92 Å². The molecule has 1 atom stereocenters. The van der Waals surface area contributed by atoms with Crippen LogP contribution in [0, 0.1) is 11.6 Å². The number of nitrogens with zero attached hydrogens (tertiary/aromatic N) is 1. The lowest BCUT2D eigenvalue weighted by Crippen LogP contribution is -2.44. The second-order valence-corrected chi connectivity index (χ2v) is 3.76. The van der Waals surface area contributed by atoms with Gasteiger partial charge in [-0.2, -0.15) is 4.39 Å². The number of anilines is 1. The first-order chi connectivity index (χ1) is 7.52. The minimum absolute atomic E-state index is 0.160. The van der Waals surface area contributed by atoms with Crippen LogP contribution in [-0.2, 0) is 4.79 Å². The largest absolute Gasteiger partial charge is 0.486 e. The van der Waals surface area contributed by atoms with Gasteiger partial charge in [-0.1, -0.05) is 0 Å². The van der Waals surface area contributed by atoms with Crippen molar-refractivity contribution in [2.45, 2.75) is 19.9 Å². The quantitative estimate of drug-likeness (QED) is 0.679. The van der Waals surface area contributed by atoms with E-state index in [0.29, 0.717) is 0 Å². The number of hydrogen-bond acceptors (Lipinski definition) is 2. The Morgan fingerprint density at radius 2 is 2.19 bits per heavy atom. The van der Waals surface area contributed by atoms with Crippen molar-refractivity contribution in [3.63, 3.8) is 0 Å². The molecule has 0 saturated carbocycles. The van der Waals surface area contributed by atoms with Crippen LogP contribution in [0.4, 0.5) is 14.5 Å². The molecule has 0 unspecified atom stereocenters. The molecule has 0 bridgehead atoms. The lowest BCUT2D eigenvalue weighted by atomic mass is 10.1. The molecular weight excluding hydrogens is 216 g/mol. The Labute approximate surface area is 91.6 Å². The van der Waals surface area contributed by atoms with Crippen LogP contribution in [-0.4, -0.2) is 18.6 Å². The van der Waals surface area contributed by atoms with E-state index in [1.807, 2.05) is 0 Å². The molecular formula is C11H11F2NO2. The molecule has 0 N–H and O–H groups in total. The van der Waals surface area contributed by atoms with Crippen LogP contribution in [0.25, 0.3) is 0 Å². The van der Waals surface area contributed by atoms with Gasteiger partial charge in [0.2, 0.25) is 11.7 Å². The summed E-state index contributed by atoms with van der Waals surface area (Å²) in [6, 6.07) is 2.16. The summed E-state index contributed by atoms with van der Waals surface area (Å²) < 4.78 is 31.5. The Hall–Kier alpha value is -1.65. The van der Waals surface area contributed by atoms with Crippen LogP contribution in [0.3, 0.4) is 0 Å². The van der Waals surface area contributed by atoms with Gasteiger partial charge >= 0.3 is 0 Å². The van der Waals surface area contributed by atoms with Crippen molar-refractivity contribution in [3.05, 3.63) is 23.8 Å². The molecule has 1 aromatic rings. The van der Waals surface area contributed by atoms with Crippen molar-refractivity contribution in [3.8, 4) is 5.75 Å². The average molecular weight is 227 g/mol. The van der Waals surface area contributed by atoms with Crippen molar-refractivity contribution in [1.82, 2.24) is 0 Å². The maximum Gasteiger partial charge on any atom is 0.224 e. The van der Waals surface area contributed by atoms with E-state index < -0.39 is 11.6 Å². The van der Waals surface area contributed by atoms with Gasteiger partial charge in [0.25, 0.3) is 0 Å². The molecule has 2 rings (SSSR count). The number of hydrogen-bond donors (Lipinski definition) is 0. The second-order valence-electron chi connectivity index (χ2n) is 3.76. The van der Waals surface area contributed by atoms with Crippen LogP contribution in [0.1, 0.15) is 13.8 Å². The molecule has 1 aromatic carbocycles. The number of carbonyl (C=O) groups is 1. The van der Waals surface area contributed by atoms with E-state index in [9.17, 15) is 13.6 Å². The molecule has 86 valence electrons. The normalized spacial score (nSPS) is 19.0. The molecule has 0 saturated heterocycles. The zero-order chi connectivity index (χ0) is 11.9. The Morgan fingerprint density at radius 1 is 1.50 bits per heavy atom.